The molecule has 0 unspecified atom stereocenters. The molecule has 0 N–H and O–H groups in total. The molecular weight excluding hydrogens is 330 g/mol. The Morgan fingerprint density at radius 3 is 2.58 bits per heavy atom. The second-order valence-electron chi connectivity index (χ2n) is 5.45. The van der Waals surface area contributed by atoms with Crippen molar-refractivity contribution in [3.05, 3.63) is 47.0 Å². The first kappa shape index (κ1) is 16.5. The lowest BCUT2D eigenvalue weighted by Gasteiger charge is -2.22. The molecule has 0 aromatic heterocycles. The third kappa shape index (κ3) is 2.87. The Kier molecular flexibility index (Phi) is 4.53. The highest BCUT2D eigenvalue weighted by molar-refractivity contribution is 6.32. The number of carbonyl (C=O) groups excluding carboxylic acids is 1. The molecule has 0 radical (unpaired) electrons. The summed E-state index contributed by atoms with van der Waals surface area (Å²) in [6.45, 7) is 2.10. The number of amides is 1. The monoisotopic (exact) mass is 347 g/mol. The quantitative estimate of drug-likeness (QED) is 0.850. The van der Waals surface area contributed by atoms with Crippen molar-refractivity contribution in [3.8, 4) is 17.2 Å². The van der Waals surface area contributed by atoms with Crippen molar-refractivity contribution in [2.24, 2.45) is 0 Å². The zero-order chi connectivity index (χ0) is 17.3. The summed E-state index contributed by atoms with van der Waals surface area (Å²) in [5.74, 6) is 1.63. The lowest BCUT2D eigenvalue weighted by atomic mass is 10.1. The van der Waals surface area contributed by atoms with E-state index in [4.69, 9.17) is 25.8 Å². The maximum Gasteiger partial charge on any atom is 0.268 e. The lowest BCUT2D eigenvalue weighted by molar-refractivity contribution is -0.124. The third-order valence-corrected chi connectivity index (χ3v) is 4.26. The molecule has 1 heterocycles. The van der Waals surface area contributed by atoms with E-state index in [2.05, 4.69) is 0 Å². The first-order valence-corrected chi connectivity index (χ1v) is 7.90. The smallest absolute Gasteiger partial charge is 0.268 e. The number of ether oxygens (including phenoxy) is 3. The molecule has 24 heavy (non-hydrogen) atoms. The number of anilines is 1. The Bertz CT molecular complexity index is 778. The minimum atomic E-state index is -0.636. The van der Waals surface area contributed by atoms with Crippen molar-refractivity contribution in [1.29, 1.82) is 0 Å². The van der Waals surface area contributed by atoms with Gasteiger partial charge < -0.3 is 19.1 Å². The molecule has 6 heteroatoms. The van der Waals surface area contributed by atoms with Crippen LogP contribution in [0.15, 0.2) is 36.4 Å². The van der Waals surface area contributed by atoms with Crippen molar-refractivity contribution in [3.63, 3.8) is 0 Å². The van der Waals surface area contributed by atoms with Crippen molar-refractivity contribution >= 4 is 23.2 Å². The molecule has 5 nitrogen and oxygen atoms in total. The van der Waals surface area contributed by atoms with Crippen LogP contribution in [0.4, 0.5) is 5.69 Å². The second kappa shape index (κ2) is 6.61. The van der Waals surface area contributed by atoms with Crippen molar-refractivity contribution in [2.45, 2.75) is 19.6 Å². The van der Waals surface area contributed by atoms with Crippen LogP contribution in [0.25, 0.3) is 0 Å². The maximum atomic E-state index is 12.8. The van der Waals surface area contributed by atoms with E-state index in [1.54, 1.807) is 44.2 Å². The molecule has 0 bridgehead atoms. The number of halogens is 1. The van der Waals surface area contributed by atoms with Crippen LogP contribution in [-0.4, -0.2) is 26.2 Å². The van der Waals surface area contributed by atoms with E-state index in [1.807, 2.05) is 18.2 Å². The van der Waals surface area contributed by atoms with Crippen LogP contribution < -0.4 is 19.1 Å². The molecule has 2 aromatic rings. The molecule has 3 rings (SSSR count). The van der Waals surface area contributed by atoms with Gasteiger partial charge in [0.1, 0.15) is 5.75 Å². The minimum absolute atomic E-state index is 0.144. The van der Waals surface area contributed by atoms with Gasteiger partial charge in [-0.1, -0.05) is 23.7 Å². The van der Waals surface area contributed by atoms with Gasteiger partial charge in [0, 0.05) is 11.3 Å². The highest BCUT2D eigenvalue weighted by Gasteiger charge is 2.30. The standard InChI is InChI=1S/C18H18ClNO4/c1-11-18(21)20(13-7-8-15(22-2)14(19)9-13)10-12-5-4-6-16(23-3)17(12)24-11/h4-9,11H,10H2,1-3H3/t11-/m1/s1. The number of hydrogen-bond donors (Lipinski definition) is 0. The Labute approximate surface area is 145 Å². The van der Waals surface area contributed by atoms with E-state index >= 15 is 0 Å². The molecule has 1 atom stereocenters. The third-order valence-electron chi connectivity index (χ3n) is 3.96. The number of rotatable bonds is 3. The lowest BCUT2D eigenvalue weighted by Crippen LogP contribution is -2.38. The van der Waals surface area contributed by atoms with Gasteiger partial charge in [-0.05, 0) is 31.2 Å². The Morgan fingerprint density at radius 1 is 1.17 bits per heavy atom. The average molecular weight is 348 g/mol. The predicted octanol–water partition coefficient (Wildman–Crippen LogP) is 3.67. The average Bonchev–Trinajstić information content (AvgIpc) is 2.71. The normalized spacial score (nSPS) is 16.9. The summed E-state index contributed by atoms with van der Waals surface area (Å²) in [6.07, 6.45) is -0.636. The van der Waals surface area contributed by atoms with Crippen molar-refractivity contribution in [2.75, 3.05) is 19.1 Å². The number of hydrogen-bond acceptors (Lipinski definition) is 4. The Balaban J connectivity index is 2.04. The van der Waals surface area contributed by atoms with Crippen LogP contribution in [0, 0.1) is 0 Å². The van der Waals surface area contributed by atoms with Crippen LogP contribution in [-0.2, 0) is 11.3 Å². The van der Waals surface area contributed by atoms with E-state index in [1.165, 1.54) is 0 Å². The van der Waals surface area contributed by atoms with Gasteiger partial charge in [0.25, 0.3) is 5.91 Å². The molecule has 1 aliphatic rings. The fourth-order valence-corrected chi connectivity index (χ4v) is 2.97. The molecular formula is C18H18ClNO4. The molecule has 2 aromatic carbocycles. The summed E-state index contributed by atoms with van der Waals surface area (Å²) in [5.41, 5.74) is 1.57. The summed E-state index contributed by atoms with van der Waals surface area (Å²) >= 11 is 6.21. The van der Waals surface area contributed by atoms with Crippen LogP contribution in [0.3, 0.4) is 0 Å². The van der Waals surface area contributed by atoms with Gasteiger partial charge >= 0.3 is 0 Å². The maximum absolute atomic E-state index is 12.8. The minimum Gasteiger partial charge on any atom is -0.495 e. The Morgan fingerprint density at radius 2 is 1.92 bits per heavy atom. The molecule has 0 saturated heterocycles. The molecule has 1 amide bonds. The van der Waals surface area contributed by atoms with Crippen LogP contribution in [0.1, 0.15) is 12.5 Å². The van der Waals surface area contributed by atoms with Crippen molar-refractivity contribution < 1.29 is 19.0 Å². The molecule has 0 saturated carbocycles. The second-order valence-corrected chi connectivity index (χ2v) is 5.86. The van der Waals surface area contributed by atoms with Gasteiger partial charge in [0.05, 0.1) is 25.8 Å². The number of carbonyl (C=O) groups is 1. The number of nitrogens with zero attached hydrogens (tertiary/aromatic N) is 1. The number of fused-ring (bicyclic) bond motifs is 1. The highest BCUT2D eigenvalue weighted by atomic mass is 35.5. The van der Waals surface area contributed by atoms with E-state index in [9.17, 15) is 4.79 Å². The van der Waals surface area contributed by atoms with Gasteiger partial charge in [-0.15, -0.1) is 0 Å². The number of para-hydroxylation sites is 1. The van der Waals surface area contributed by atoms with E-state index in [-0.39, 0.29) is 5.91 Å². The van der Waals surface area contributed by atoms with Crippen LogP contribution in [0.5, 0.6) is 17.2 Å². The number of methoxy groups -OCH3 is 2. The van der Waals surface area contributed by atoms with E-state index in [0.717, 1.165) is 5.56 Å². The van der Waals surface area contributed by atoms with Gasteiger partial charge in [-0.2, -0.15) is 0 Å². The first-order chi connectivity index (χ1) is 11.5. The molecule has 0 aliphatic carbocycles. The van der Waals surface area contributed by atoms with Crippen LogP contribution >= 0.6 is 11.6 Å². The van der Waals surface area contributed by atoms with Gasteiger partial charge in [-0.25, -0.2) is 0 Å². The highest BCUT2D eigenvalue weighted by Crippen LogP contribution is 2.37. The fourth-order valence-electron chi connectivity index (χ4n) is 2.72. The van der Waals surface area contributed by atoms with Gasteiger partial charge in [0.15, 0.2) is 17.6 Å². The summed E-state index contributed by atoms with van der Waals surface area (Å²) in [6, 6.07) is 10.9. The topological polar surface area (TPSA) is 48.0 Å². The van der Waals surface area contributed by atoms with E-state index < -0.39 is 6.10 Å². The van der Waals surface area contributed by atoms with Gasteiger partial charge in [-0.3, -0.25) is 4.79 Å². The first-order valence-electron chi connectivity index (χ1n) is 7.52. The van der Waals surface area contributed by atoms with E-state index in [0.29, 0.717) is 34.5 Å². The molecule has 0 fully saturated rings. The molecule has 0 spiro atoms. The van der Waals surface area contributed by atoms with Gasteiger partial charge in [0.2, 0.25) is 0 Å². The summed E-state index contributed by atoms with van der Waals surface area (Å²) in [5, 5.41) is 0.450. The Hall–Kier alpha value is -2.40. The van der Waals surface area contributed by atoms with Crippen molar-refractivity contribution in [1.82, 2.24) is 0 Å². The zero-order valence-corrected chi connectivity index (χ0v) is 14.5. The fraction of sp³-hybridized carbons (Fsp3) is 0.278. The largest absolute Gasteiger partial charge is 0.495 e. The van der Waals surface area contributed by atoms with Crippen LogP contribution in [0.2, 0.25) is 5.02 Å². The summed E-state index contributed by atoms with van der Waals surface area (Å²) in [4.78, 5) is 14.4. The summed E-state index contributed by atoms with van der Waals surface area (Å²) < 4.78 is 16.4. The summed E-state index contributed by atoms with van der Waals surface area (Å²) in [7, 11) is 3.13. The molecule has 1 aliphatic heterocycles. The molecule has 126 valence electrons. The zero-order valence-electron chi connectivity index (χ0n) is 13.7. The SMILES string of the molecule is COc1ccc(N2Cc3cccc(OC)c3O[C@H](C)C2=O)cc1Cl. The predicted molar refractivity (Wildman–Crippen MR) is 92.3 cm³/mol. The number of benzene rings is 2.